The number of rotatable bonds is 3. The van der Waals surface area contributed by atoms with Crippen molar-refractivity contribution in [3.8, 4) is 0 Å². The summed E-state index contributed by atoms with van der Waals surface area (Å²) in [7, 11) is 2.31. The smallest absolute Gasteiger partial charge is 0.0237 e. The van der Waals surface area contributed by atoms with Gasteiger partial charge in [-0.25, -0.2) is 0 Å². The van der Waals surface area contributed by atoms with Crippen molar-refractivity contribution in [3.63, 3.8) is 0 Å². The van der Waals surface area contributed by atoms with E-state index in [4.69, 9.17) is 0 Å². The molecule has 2 aliphatic heterocycles. The van der Waals surface area contributed by atoms with Crippen molar-refractivity contribution in [1.82, 2.24) is 9.80 Å². The highest BCUT2D eigenvalue weighted by atomic mass is 15.3. The quantitative estimate of drug-likeness (QED) is 0.841. The molecule has 2 heteroatoms. The number of nitrogens with zero attached hydrogens (tertiary/aromatic N) is 2. The van der Waals surface area contributed by atoms with E-state index in [0.29, 0.717) is 0 Å². The summed E-state index contributed by atoms with van der Waals surface area (Å²) in [5.41, 5.74) is 1.49. The Kier molecular flexibility index (Phi) is 3.76. The molecular weight excluding hydrogens is 256 g/mol. The molecule has 3 fully saturated rings. The monoisotopic (exact) mass is 284 g/mol. The lowest BCUT2D eigenvalue weighted by atomic mass is 9.85. The van der Waals surface area contributed by atoms with E-state index >= 15 is 0 Å². The number of fused-ring (bicyclic) bond motifs is 1. The molecule has 3 atom stereocenters. The maximum absolute atomic E-state index is 2.84. The number of benzene rings is 1. The Balaban J connectivity index is 1.54. The van der Waals surface area contributed by atoms with Gasteiger partial charge in [-0.15, -0.1) is 0 Å². The second-order valence-electron chi connectivity index (χ2n) is 7.60. The Hall–Kier alpha value is -0.860. The lowest BCUT2D eigenvalue weighted by molar-refractivity contribution is 0.142. The molecule has 0 amide bonds. The minimum Gasteiger partial charge on any atom is -0.306 e. The Morgan fingerprint density at radius 1 is 0.952 bits per heavy atom. The zero-order valence-electron chi connectivity index (χ0n) is 13.2. The van der Waals surface area contributed by atoms with Crippen molar-refractivity contribution in [2.75, 3.05) is 26.7 Å². The maximum Gasteiger partial charge on any atom is 0.0237 e. The SMILES string of the molecule is CN1C[C@@H]2CN(Cc3ccccc3)[C@H](C3CCCC3)[C@@H]2C1. The van der Waals surface area contributed by atoms with Crippen LogP contribution in [0.2, 0.25) is 0 Å². The first-order valence-electron chi connectivity index (χ1n) is 8.78. The first kappa shape index (κ1) is 13.8. The van der Waals surface area contributed by atoms with E-state index in [1.54, 1.807) is 0 Å². The van der Waals surface area contributed by atoms with Crippen LogP contribution in [0, 0.1) is 17.8 Å². The molecule has 21 heavy (non-hydrogen) atoms. The van der Waals surface area contributed by atoms with Crippen LogP contribution in [-0.4, -0.2) is 42.5 Å². The van der Waals surface area contributed by atoms with Crippen LogP contribution in [0.3, 0.4) is 0 Å². The fourth-order valence-electron chi connectivity index (χ4n) is 5.33. The van der Waals surface area contributed by atoms with Gasteiger partial charge in [0.2, 0.25) is 0 Å². The second kappa shape index (κ2) is 5.73. The van der Waals surface area contributed by atoms with Gasteiger partial charge in [-0.1, -0.05) is 43.2 Å². The molecule has 2 nitrogen and oxygen atoms in total. The van der Waals surface area contributed by atoms with Gasteiger partial charge in [-0.05, 0) is 43.2 Å². The fourth-order valence-corrected chi connectivity index (χ4v) is 5.33. The number of hydrogen-bond acceptors (Lipinski definition) is 2. The van der Waals surface area contributed by atoms with Crippen molar-refractivity contribution in [1.29, 1.82) is 0 Å². The largest absolute Gasteiger partial charge is 0.306 e. The zero-order valence-corrected chi connectivity index (χ0v) is 13.2. The van der Waals surface area contributed by atoms with Gasteiger partial charge in [-0.2, -0.15) is 0 Å². The predicted octanol–water partition coefficient (Wildman–Crippen LogP) is 3.24. The van der Waals surface area contributed by atoms with Gasteiger partial charge in [-0.3, -0.25) is 4.90 Å². The molecule has 114 valence electrons. The minimum absolute atomic E-state index is 0.850. The lowest BCUT2D eigenvalue weighted by Crippen LogP contribution is -2.40. The van der Waals surface area contributed by atoms with Crippen molar-refractivity contribution in [3.05, 3.63) is 35.9 Å². The molecule has 0 spiro atoms. The molecule has 0 radical (unpaired) electrons. The van der Waals surface area contributed by atoms with E-state index in [2.05, 4.69) is 47.2 Å². The molecule has 1 aromatic rings. The normalized spacial score (nSPS) is 34.6. The van der Waals surface area contributed by atoms with E-state index in [1.165, 1.54) is 57.4 Å². The number of hydrogen-bond donors (Lipinski definition) is 0. The summed E-state index contributed by atoms with van der Waals surface area (Å²) in [6.07, 6.45) is 5.88. The van der Waals surface area contributed by atoms with Crippen molar-refractivity contribution < 1.29 is 0 Å². The summed E-state index contributed by atoms with van der Waals surface area (Å²) >= 11 is 0. The second-order valence-corrected chi connectivity index (χ2v) is 7.60. The first-order valence-corrected chi connectivity index (χ1v) is 8.78. The summed E-state index contributed by atoms with van der Waals surface area (Å²) in [5.74, 6) is 2.82. The molecule has 0 aromatic heterocycles. The van der Waals surface area contributed by atoms with Gasteiger partial charge in [0.05, 0.1) is 0 Å². The molecule has 0 unspecified atom stereocenters. The highest BCUT2D eigenvalue weighted by Gasteiger charge is 2.48. The fraction of sp³-hybridized carbons (Fsp3) is 0.684. The van der Waals surface area contributed by atoms with Crippen LogP contribution >= 0.6 is 0 Å². The molecule has 1 aliphatic carbocycles. The van der Waals surface area contributed by atoms with Crippen molar-refractivity contribution in [2.45, 2.75) is 38.3 Å². The molecule has 4 rings (SSSR count). The van der Waals surface area contributed by atoms with E-state index in [9.17, 15) is 0 Å². The first-order chi connectivity index (χ1) is 10.3. The van der Waals surface area contributed by atoms with Crippen LogP contribution in [0.25, 0.3) is 0 Å². The summed E-state index contributed by atoms with van der Waals surface area (Å²) in [6, 6.07) is 11.9. The van der Waals surface area contributed by atoms with Gasteiger partial charge in [0, 0.05) is 32.2 Å². The molecule has 0 N–H and O–H groups in total. The standard InChI is InChI=1S/C19H28N2/c1-20-12-17-13-21(11-15-7-3-2-4-8-15)19(18(17)14-20)16-9-5-6-10-16/h2-4,7-8,16-19H,5-6,9-14H2,1H3/t17-,18-,19-/m1/s1. The van der Waals surface area contributed by atoms with E-state index in [-0.39, 0.29) is 0 Å². The average Bonchev–Trinajstić information content (AvgIpc) is 3.16. The van der Waals surface area contributed by atoms with Crippen LogP contribution in [-0.2, 0) is 6.54 Å². The van der Waals surface area contributed by atoms with E-state index in [1.807, 2.05) is 0 Å². The maximum atomic E-state index is 2.84. The Morgan fingerprint density at radius 3 is 2.48 bits per heavy atom. The third kappa shape index (κ3) is 2.64. The number of likely N-dealkylation sites (tertiary alicyclic amines) is 2. The highest BCUT2D eigenvalue weighted by Crippen LogP contribution is 2.44. The molecule has 2 heterocycles. The summed E-state index contributed by atoms with van der Waals surface area (Å²) in [4.78, 5) is 5.41. The Bertz CT molecular complexity index is 466. The van der Waals surface area contributed by atoms with Crippen LogP contribution in [0.4, 0.5) is 0 Å². The molecule has 0 bridgehead atoms. The third-order valence-electron chi connectivity index (χ3n) is 6.11. The third-order valence-corrected chi connectivity index (χ3v) is 6.11. The van der Waals surface area contributed by atoms with Gasteiger partial charge >= 0.3 is 0 Å². The molecule has 3 aliphatic rings. The minimum atomic E-state index is 0.850. The van der Waals surface area contributed by atoms with E-state index in [0.717, 1.165) is 23.8 Å². The van der Waals surface area contributed by atoms with Gasteiger partial charge in [0.25, 0.3) is 0 Å². The summed E-state index contributed by atoms with van der Waals surface area (Å²) in [6.45, 7) is 5.14. The summed E-state index contributed by atoms with van der Waals surface area (Å²) < 4.78 is 0. The van der Waals surface area contributed by atoms with Crippen molar-refractivity contribution >= 4 is 0 Å². The molecule has 2 saturated heterocycles. The van der Waals surface area contributed by atoms with Crippen LogP contribution in [0.5, 0.6) is 0 Å². The topological polar surface area (TPSA) is 6.48 Å². The van der Waals surface area contributed by atoms with E-state index < -0.39 is 0 Å². The van der Waals surface area contributed by atoms with Crippen LogP contribution in [0.1, 0.15) is 31.2 Å². The lowest BCUT2D eigenvalue weighted by Gasteiger charge is -2.33. The van der Waals surface area contributed by atoms with Crippen LogP contribution in [0.15, 0.2) is 30.3 Å². The van der Waals surface area contributed by atoms with Gasteiger partial charge in [0.1, 0.15) is 0 Å². The summed E-state index contributed by atoms with van der Waals surface area (Å²) in [5, 5.41) is 0. The van der Waals surface area contributed by atoms with Gasteiger partial charge in [0.15, 0.2) is 0 Å². The molecule has 1 aromatic carbocycles. The average molecular weight is 284 g/mol. The molecule has 1 saturated carbocycles. The van der Waals surface area contributed by atoms with Gasteiger partial charge < -0.3 is 4.90 Å². The highest BCUT2D eigenvalue weighted by molar-refractivity contribution is 5.16. The van der Waals surface area contributed by atoms with Crippen molar-refractivity contribution in [2.24, 2.45) is 17.8 Å². The molecular formula is C19H28N2. The predicted molar refractivity (Wildman–Crippen MR) is 87.1 cm³/mol. The Morgan fingerprint density at radius 2 is 1.71 bits per heavy atom. The zero-order chi connectivity index (χ0) is 14.2. The van der Waals surface area contributed by atoms with Crippen LogP contribution < -0.4 is 0 Å². The Labute approximate surface area is 129 Å².